The van der Waals surface area contributed by atoms with Gasteiger partial charge in [-0.15, -0.1) is 36.2 Å². The topological polar surface area (TPSA) is 54.0 Å². The third-order valence-electron chi connectivity index (χ3n) is 5.90. The molecule has 0 bridgehead atoms. The Balaban J connectivity index is 0.00000140. The normalized spacial score (nSPS) is 23.5. The van der Waals surface area contributed by atoms with Crippen LogP contribution in [0.2, 0.25) is 0 Å². The fourth-order valence-corrected chi connectivity index (χ4v) is 5.21. The molecule has 2 heterocycles. The van der Waals surface area contributed by atoms with E-state index in [0.29, 0.717) is 0 Å². The van der Waals surface area contributed by atoms with E-state index in [-0.39, 0.29) is 48.0 Å². The van der Waals surface area contributed by atoms with Gasteiger partial charge in [0.05, 0.1) is 21.1 Å². The quantitative estimate of drug-likeness (QED) is 0.676. The van der Waals surface area contributed by atoms with E-state index < -0.39 is 0 Å². The third-order valence-corrected chi connectivity index (χ3v) is 7.07. The highest BCUT2D eigenvalue weighted by molar-refractivity contribution is 7.18. The van der Waals surface area contributed by atoms with Crippen molar-refractivity contribution in [3.8, 4) is 0 Å². The van der Waals surface area contributed by atoms with Gasteiger partial charge in [-0.25, -0.2) is 4.98 Å². The predicted molar refractivity (Wildman–Crippen MR) is 122 cm³/mol. The van der Waals surface area contributed by atoms with Crippen molar-refractivity contribution in [1.29, 1.82) is 0 Å². The molecule has 1 aromatic heterocycles. The first-order chi connectivity index (χ1) is 12.6. The van der Waals surface area contributed by atoms with Gasteiger partial charge in [-0.1, -0.05) is 31.2 Å². The fourth-order valence-electron chi connectivity index (χ4n) is 4.06. The Bertz CT molecular complexity index is 784. The summed E-state index contributed by atoms with van der Waals surface area (Å²) in [5.41, 5.74) is 1.26. The molecule has 0 saturated carbocycles. The van der Waals surface area contributed by atoms with Gasteiger partial charge in [0.25, 0.3) is 0 Å². The lowest BCUT2D eigenvalue weighted by Crippen LogP contribution is -2.45. The highest BCUT2D eigenvalue weighted by atomic mass is 35.5. The smallest absolute Gasteiger partial charge is 0.224 e. The van der Waals surface area contributed by atoms with Crippen molar-refractivity contribution in [3.05, 3.63) is 41.4 Å². The van der Waals surface area contributed by atoms with Crippen molar-refractivity contribution < 1.29 is 4.79 Å². The van der Waals surface area contributed by atoms with Crippen molar-refractivity contribution >= 4 is 52.3 Å². The van der Waals surface area contributed by atoms with Crippen molar-refractivity contribution in [3.63, 3.8) is 0 Å². The highest BCUT2D eigenvalue weighted by Gasteiger charge is 2.34. The maximum absolute atomic E-state index is 13.0. The van der Waals surface area contributed by atoms with Crippen LogP contribution in [0.15, 0.2) is 36.4 Å². The van der Waals surface area contributed by atoms with E-state index in [4.69, 9.17) is 4.98 Å². The molecule has 4 nitrogen and oxygen atoms in total. The van der Waals surface area contributed by atoms with Crippen molar-refractivity contribution in [2.75, 3.05) is 19.6 Å². The van der Waals surface area contributed by atoms with Gasteiger partial charge in [0, 0.05) is 12.5 Å². The van der Waals surface area contributed by atoms with Crippen molar-refractivity contribution in [2.24, 2.45) is 11.3 Å². The number of nitrogens with zero attached hydrogens (tertiary/aromatic N) is 1. The van der Waals surface area contributed by atoms with E-state index in [2.05, 4.69) is 47.9 Å². The summed E-state index contributed by atoms with van der Waals surface area (Å²) in [6.07, 6.45) is 8.32. The zero-order valence-electron chi connectivity index (χ0n) is 16.1. The number of carbonyl (C=O) groups excluding carboxylic acids is 1. The molecule has 0 radical (unpaired) electrons. The molecule has 4 rings (SSSR count). The predicted octanol–water partition coefficient (Wildman–Crippen LogP) is 4.70. The van der Waals surface area contributed by atoms with Gasteiger partial charge in [0.15, 0.2) is 0 Å². The molecule has 1 fully saturated rings. The van der Waals surface area contributed by atoms with Crippen LogP contribution in [-0.4, -0.2) is 30.5 Å². The van der Waals surface area contributed by atoms with Gasteiger partial charge in [-0.3, -0.25) is 4.79 Å². The van der Waals surface area contributed by atoms with Crippen molar-refractivity contribution in [2.45, 2.75) is 38.5 Å². The van der Waals surface area contributed by atoms with Crippen LogP contribution in [0.4, 0.5) is 0 Å². The van der Waals surface area contributed by atoms with Crippen LogP contribution in [0.25, 0.3) is 10.2 Å². The molecule has 7 heteroatoms. The molecule has 1 aliphatic carbocycles. The maximum atomic E-state index is 13.0. The Labute approximate surface area is 183 Å². The number of carbonyl (C=O) groups is 1. The van der Waals surface area contributed by atoms with Crippen LogP contribution in [0, 0.1) is 11.3 Å². The van der Waals surface area contributed by atoms with Crippen LogP contribution in [-0.2, 0) is 4.79 Å². The summed E-state index contributed by atoms with van der Waals surface area (Å²) in [4.78, 5) is 17.8. The Morgan fingerprint density at radius 2 is 1.93 bits per heavy atom. The van der Waals surface area contributed by atoms with Gasteiger partial charge in [0.2, 0.25) is 5.91 Å². The molecule has 1 saturated heterocycles. The van der Waals surface area contributed by atoms with Crippen LogP contribution in [0.5, 0.6) is 0 Å². The third kappa shape index (κ3) is 5.07. The van der Waals surface area contributed by atoms with Crippen LogP contribution in [0.1, 0.15) is 43.5 Å². The number of halogens is 2. The lowest BCUT2D eigenvalue weighted by Gasteiger charge is -2.35. The minimum Gasteiger partial charge on any atom is -0.355 e. The molecule has 1 aliphatic heterocycles. The summed E-state index contributed by atoms with van der Waals surface area (Å²) >= 11 is 1.74. The number of piperidine rings is 1. The second-order valence-electron chi connectivity index (χ2n) is 7.95. The van der Waals surface area contributed by atoms with Crippen LogP contribution in [0.3, 0.4) is 0 Å². The Kier molecular flexibility index (Phi) is 8.31. The number of thiazole rings is 1. The molecule has 1 aromatic carbocycles. The highest BCUT2D eigenvalue weighted by Crippen LogP contribution is 2.38. The Hall–Kier alpha value is -1.14. The van der Waals surface area contributed by atoms with Gasteiger partial charge >= 0.3 is 0 Å². The Morgan fingerprint density at radius 3 is 2.68 bits per heavy atom. The fraction of sp³-hybridized carbons (Fsp3) is 0.524. The van der Waals surface area contributed by atoms with Crippen molar-refractivity contribution in [1.82, 2.24) is 15.6 Å². The van der Waals surface area contributed by atoms with E-state index >= 15 is 0 Å². The summed E-state index contributed by atoms with van der Waals surface area (Å²) in [6, 6.07) is 8.24. The molecular weight excluding hydrogens is 413 g/mol. The maximum Gasteiger partial charge on any atom is 0.224 e. The van der Waals surface area contributed by atoms with Gasteiger partial charge in [0.1, 0.15) is 0 Å². The monoisotopic (exact) mass is 441 g/mol. The number of rotatable bonds is 4. The minimum atomic E-state index is -0.00845. The number of aromatic nitrogens is 1. The number of benzene rings is 1. The molecule has 0 spiro atoms. The van der Waals surface area contributed by atoms with E-state index in [1.54, 1.807) is 11.3 Å². The second kappa shape index (κ2) is 10.1. The molecule has 28 heavy (non-hydrogen) atoms. The van der Waals surface area contributed by atoms with E-state index in [1.807, 2.05) is 6.07 Å². The number of fused-ring (bicyclic) bond motifs is 1. The van der Waals surface area contributed by atoms with E-state index in [0.717, 1.165) is 55.8 Å². The van der Waals surface area contributed by atoms with Gasteiger partial charge in [-0.2, -0.15) is 0 Å². The number of hydrogen-bond donors (Lipinski definition) is 2. The molecule has 2 unspecified atom stereocenters. The first-order valence-electron chi connectivity index (χ1n) is 9.64. The average molecular weight is 442 g/mol. The van der Waals surface area contributed by atoms with Crippen LogP contribution < -0.4 is 10.6 Å². The SMILES string of the molecule is CC1(CNC(=O)C2CC=CCC2c2nc3ccccc3s2)CCNCC1.Cl.Cl. The molecule has 2 aliphatic rings. The minimum absolute atomic E-state index is 0. The number of para-hydroxylation sites is 1. The molecule has 1 amide bonds. The zero-order valence-corrected chi connectivity index (χ0v) is 18.6. The molecule has 2 N–H and O–H groups in total. The average Bonchev–Trinajstić information content (AvgIpc) is 3.11. The zero-order chi connectivity index (χ0) is 18.0. The number of nitrogens with one attached hydrogen (secondary N) is 2. The summed E-state index contributed by atoms with van der Waals surface area (Å²) in [7, 11) is 0. The first kappa shape index (κ1) is 23.1. The standard InChI is InChI=1S/C21H27N3OS.2ClH/c1-21(10-12-22-13-11-21)14-23-19(25)15-6-2-3-7-16(15)20-24-17-8-4-5-9-18(17)26-20;;/h2-5,8-9,15-16,22H,6-7,10-14H2,1H3,(H,23,25);2*1H. The van der Waals surface area contributed by atoms with Crippen LogP contribution >= 0.6 is 36.2 Å². The number of allylic oxidation sites excluding steroid dienone is 2. The lowest BCUT2D eigenvalue weighted by molar-refractivity contribution is -0.126. The van der Waals surface area contributed by atoms with Gasteiger partial charge < -0.3 is 10.6 Å². The summed E-state index contributed by atoms with van der Waals surface area (Å²) < 4.78 is 1.21. The molecule has 2 atom stereocenters. The molecular formula is C21H29Cl2N3OS. The van der Waals surface area contributed by atoms with Gasteiger partial charge in [-0.05, 0) is 56.3 Å². The first-order valence-corrected chi connectivity index (χ1v) is 10.5. The summed E-state index contributed by atoms with van der Waals surface area (Å²) in [5, 5.41) is 7.78. The largest absolute Gasteiger partial charge is 0.355 e. The molecule has 154 valence electrons. The Morgan fingerprint density at radius 1 is 1.21 bits per heavy atom. The number of amides is 1. The summed E-state index contributed by atoms with van der Waals surface area (Å²) in [5.74, 6) is 0.377. The number of hydrogen-bond acceptors (Lipinski definition) is 4. The second-order valence-corrected chi connectivity index (χ2v) is 9.02. The van der Waals surface area contributed by atoms with E-state index in [9.17, 15) is 4.79 Å². The van der Waals surface area contributed by atoms with E-state index in [1.165, 1.54) is 4.70 Å². The summed E-state index contributed by atoms with van der Waals surface area (Å²) in [6.45, 7) is 5.17. The lowest BCUT2D eigenvalue weighted by atomic mass is 9.80. The molecule has 2 aromatic rings.